The number of aromatic nitrogens is 2. The molecular formula is C10H17N3O. The van der Waals surface area contributed by atoms with E-state index in [1.807, 2.05) is 27.7 Å². The summed E-state index contributed by atoms with van der Waals surface area (Å²) < 4.78 is 5.60. The third-order valence-electron chi connectivity index (χ3n) is 1.38. The molecule has 0 aliphatic rings. The Balaban J connectivity index is 2.73. The van der Waals surface area contributed by atoms with Gasteiger partial charge in [0, 0.05) is 18.8 Å². The summed E-state index contributed by atoms with van der Waals surface area (Å²) >= 11 is 0. The minimum atomic E-state index is -0.224. The lowest BCUT2D eigenvalue weighted by molar-refractivity contribution is 0.124. The molecule has 1 N–H and O–H groups in total. The second kappa shape index (κ2) is 4.26. The van der Waals surface area contributed by atoms with Gasteiger partial charge in [0.05, 0.1) is 0 Å². The number of nitrogens with zero attached hydrogens (tertiary/aromatic N) is 2. The normalized spacial score (nSPS) is 11.1. The van der Waals surface area contributed by atoms with Crippen molar-refractivity contribution in [2.24, 2.45) is 0 Å². The van der Waals surface area contributed by atoms with E-state index in [2.05, 4.69) is 15.3 Å². The van der Waals surface area contributed by atoms with Gasteiger partial charge < -0.3 is 10.1 Å². The molecule has 0 radical (unpaired) electrons. The average Bonchev–Trinajstić information content (AvgIpc) is 2.02. The maximum absolute atomic E-state index is 5.60. The van der Waals surface area contributed by atoms with Crippen LogP contribution in [0, 0.1) is 0 Å². The Morgan fingerprint density at radius 3 is 2.71 bits per heavy atom. The second-order valence-corrected chi connectivity index (χ2v) is 3.96. The van der Waals surface area contributed by atoms with Gasteiger partial charge in [-0.3, -0.25) is 0 Å². The van der Waals surface area contributed by atoms with Crippen LogP contribution in [0.5, 0.6) is 5.88 Å². The molecule has 1 heterocycles. The van der Waals surface area contributed by atoms with Gasteiger partial charge >= 0.3 is 0 Å². The zero-order valence-corrected chi connectivity index (χ0v) is 9.16. The fourth-order valence-electron chi connectivity index (χ4n) is 0.956. The molecule has 0 aromatic carbocycles. The molecule has 0 atom stereocenters. The quantitative estimate of drug-likeness (QED) is 0.802. The van der Waals surface area contributed by atoms with E-state index in [4.69, 9.17) is 4.74 Å². The van der Waals surface area contributed by atoms with E-state index in [-0.39, 0.29) is 5.60 Å². The van der Waals surface area contributed by atoms with Gasteiger partial charge in [-0.25, -0.2) is 4.98 Å². The molecule has 1 rings (SSSR count). The van der Waals surface area contributed by atoms with Crippen molar-refractivity contribution >= 4 is 5.95 Å². The molecule has 0 bridgehead atoms. The lowest BCUT2D eigenvalue weighted by atomic mass is 10.2. The lowest BCUT2D eigenvalue weighted by Crippen LogP contribution is -2.23. The highest BCUT2D eigenvalue weighted by atomic mass is 16.5. The monoisotopic (exact) mass is 195 g/mol. The first-order valence-electron chi connectivity index (χ1n) is 4.77. The zero-order valence-electron chi connectivity index (χ0n) is 9.16. The molecule has 0 amide bonds. The predicted molar refractivity (Wildman–Crippen MR) is 56.6 cm³/mol. The van der Waals surface area contributed by atoms with Crippen molar-refractivity contribution in [2.75, 3.05) is 11.9 Å². The van der Waals surface area contributed by atoms with Crippen LogP contribution >= 0.6 is 0 Å². The van der Waals surface area contributed by atoms with Crippen molar-refractivity contribution in [1.82, 2.24) is 9.97 Å². The summed E-state index contributed by atoms with van der Waals surface area (Å²) in [6.45, 7) is 8.77. The Kier molecular flexibility index (Phi) is 3.28. The van der Waals surface area contributed by atoms with Crippen molar-refractivity contribution in [3.8, 4) is 5.88 Å². The molecular weight excluding hydrogens is 178 g/mol. The molecule has 0 saturated carbocycles. The molecule has 1 aromatic heterocycles. The molecule has 0 spiro atoms. The Morgan fingerprint density at radius 1 is 1.43 bits per heavy atom. The smallest absolute Gasteiger partial charge is 0.225 e. The van der Waals surface area contributed by atoms with Gasteiger partial charge in [-0.05, 0) is 27.7 Å². The summed E-state index contributed by atoms with van der Waals surface area (Å²) in [7, 11) is 0. The average molecular weight is 195 g/mol. The Labute approximate surface area is 84.7 Å². The molecule has 78 valence electrons. The summed E-state index contributed by atoms with van der Waals surface area (Å²) in [4.78, 5) is 8.26. The Hall–Kier alpha value is -1.32. The number of nitrogens with one attached hydrogen (secondary N) is 1. The van der Waals surface area contributed by atoms with Crippen molar-refractivity contribution in [3.05, 3.63) is 12.3 Å². The summed E-state index contributed by atoms with van der Waals surface area (Å²) in [5, 5.41) is 3.03. The zero-order chi connectivity index (χ0) is 10.6. The standard InChI is InChI=1S/C10H17N3O/c1-5-11-9-12-7-6-8(13-9)14-10(2,3)4/h6-7H,5H2,1-4H3,(H,11,12,13). The van der Waals surface area contributed by atoms with Crippen LogP contribution in [0.1, 0.15) is 27.7 Å². The third-order valence-corrected chi connectivity index (χ3v) is 1.38. The van der Waals surface area contributed by atoms with E-state index in [1.165, 1.54) is 0 Å². The minimum Gasteiger partial charge on any atom is -0.472 e. The van der Waals surface area contributed by atoms with E-state index in [1.54, 1.807) is 12.3 Å². The van der Waals surface area contributed by atoms with Crippen molar-refractivity contribution in [2.45, 2.75) is 33.3 Å². The minimum absolute atomic E-state index is 0.224. The van der Waals surface area contributed by atoms with E-state index in [0.717, 1.165) is 6.54 Å². The molecule has 0 aliphatic heterocycles. The largest absolute Gasteiger partial charge is 0.472 e. The van der Waals surface area contributed by atoms with Gasteiger partial charge in [-0.15, -0.1) is 0 Å². The first-order chi connectivity index (χ1) is 6.51. The summed E-state index contributed by atoms with van der Waals surface area (Å²) in [6, 6.07) is 1.76. The van der Waals surface area contributed by atoms with Crippen LogP contribution in [0.4, 0.5) is 5.95 Å². The first-order valence-corrected chi connectivity index (χ1v) is 4.77. The summed E-state index contributed by atoms with van der Waals surface area (Å²) in [6.07, 6.45) is 1.69. The molecule has 4 heteroatoms. The van der Waals surface area contributed by atoms with Gasteiger partial charge in [0.1, 0.15) is 5.60 Å². The van der Waals surface area contributed by atoms with Crippen molar-refractivity contribution in [1.29, 1.82) is 0 Å². The highest BCUT2D eigenvalue weighted by Gasteiger charge is 2.12. The molecule has 1 aromatic rings. The van der Waals surface area contributed by atoms with E-state index in [0.29, 0.717) is 11.8 Å². The van der Waals surface area contributed by atoms with Gasteiger partial charge in [0.2, 0.25) is 11.8 Å². The van der Waals surface area contributed by atoms with E-state index in [9.17, 15) is 0 Å². The van der Waals surface area contributed by atoms with Gasteiger partial charge in [-0.2, -0.15) is 4.98 Å². The topological polar surface area (TPSA) is 47.0 Å². The molecule has 4 nitrogen and oxygen atoms in total. The van der Waals surface area contributed by atoms with Crippen LogP contribution in [0.15, 0.2) is 12.3 Å². The number of rotatable bonds is 3. The van der Waals surface area contributed by atoms with Crippen LogP contribution in [-0.2, 0) is 0 Å². The van der Waals surface area contributed by atoms with Crippen LogP contribution in [0.3, 0.4) is 0 Å². The maximum atomic E-state index is 5.60. The fraction of sp³-hybridized carbons (Fsp3) is 0.600. The van der Waals surface area contributed by atoms with E-state index < -0.39 is 0 Å². The molecule has 14 heavy (non-hydrogen) atoms. The molecule has 0 saturated heterocycles. The van der Waals surface area contributed by atoms with Gasteiger partial charge in [-0.1, -0.05) is 0 Å². The second-order valence-electron chi connectivity index (χ2n) is 3.96. The molecule has 0 fully saturated rings. The highest BCUT2D eigenvalue weighted by Crippen LogP contribution is 2.15. The predicted octanol–water partition coefficient (Wildman–Crippen LogP) is 2.09. The van der Waals surface area contributed by atoms with Gasteiger partial charge in [0.15, 0.2) is 0 Å². The van der Waals surface area contributed by atoms with E-state index >= 15 is 0 Å². The molecule has 0 unspecified atom stereocenters. The van der Waals surface area contributed by atoms with Crippen molar-refractivity contribution < 1.29 is 4.74 Å². The van der Waals surface area contributed by atoms with Crippen LogP contribution in [0.2, 0.25) is 0 Å². The fourth-order valence-corrected chi connectivity index (χ4v) is 0.956. The van der Waals surface area contributed by atoms with Crippen LogP contribution < -0.4 is 10.1 Å². The Morgan fingerprint density at radius 2 is 2.14 bits per heavy atom. The van der Waals surface area contributed by atoms with Gasteiger partial charge in [0.25, 0.3) is 0 Å². The maximum Gasteiger partial charge on any atom is 0.225 e. The first kappa shape index (κ1) is 10.8. The summed E-state index contributed by atoms with van der Waals surface area (Å²) in [5.41, 5.74) is -0.224. The number of anilines is 1. The summed E-state index contributed by atoms with van der Waals surface area (Å²) in [5.74, 6) is 1.21. The SMILES string of the molecule is CCNc1nccc(OC(C)(C)C)n1. The Bertz CT molecular complexity index is 294. The molecule has 0 aliphatic carbocycles. The number of hydrogen-bond acceptors (Lipinski definition) is 4. The van der Waals surface area contributed by atoms with Crippen LogP contribution in [0.25, 0.3) is 0 Å². The third kappa shape index (κ3) is 3.60. The number of hydrogen-bond donors (Lipinski definition) is 1. The number of ether oxygens (including phenoxy) is 1. The van der Waals surface area contributed by atoms with Crippen molar-refractivity contribution in [3.63, 3.8) is 0 Å². The highest BCUT2D eigenvalue weighted by molar-refractivity contribution is 5.27. The lowest BCUT2D eigenvalue weighted by Gasteiger charge is -2.20. The van der Waals surface area contributed by atoms with Crippen LogP contribution in [-0.4, -0.2) is 22.1 Å².